The van der Waals surface area contributed by atoms with E-state index in [1.54, 1.807) is 0 Å². The highest BCUT2D eigenvalue weighted by Crippen LogP contribution is 2.37. The standard InChI is InChI=1S/C17H32N2O/c1-13(12-20-2)19-11-16(14-8-9-14)18-10-17(19)15-6-4-3-5-7-15/h13-18H,3-12H2,1-2H3. The molecule has 2 saturated carbocycles. The smallest absolute Gasteiger partial charge is 0.0615 e. The fourth-order valence-electron chi connectivity index (χ4n) is 4.43. The molecule has 0 spiro atoms. The van der Waals surface area contributed by atoms with E-state index in [4.69, 9.17) is 4.74 Å². The number of methoxy groups -OCH3 is 1. The minimum atomic E-state index is 0.565. The maximum absolute atomic E-state index is 5.44. The van der Waals surface area contributed by atoms with Crippen molar-refractivity contribution >= 4 is 0 Å². The maximum Gasteiger partial charge on any atom is 0.0615 e. The highest BCUT2D eigenvalue weighted by Gasteiger charge is 2.41. The largest absolute Gasteiger partial charge is 0.383 e. The molecule has 1 N–H and O–H groups in total. The van der Waals surface area contributed by atoms with Gasteiger partial charge in [-0.15, -0.1) is 0 Å². The van der Waals surface area contributed by atoms with Crippen molar-refractivity contribution in [1.82, 2.24) is 10.2 Å². The van der Waals surface area contributed by atoms with E-state index in [9.17, 15) is 0 Å². The zero-order valence-electron chi connectivity index (χ0n) is 13.3. The summed E-state index contributed by atoms with van der Waals surface area (Å²) in [5.41, 5.74) is 0. The molecule has 0 bridgehead atoms. The van der Waals surface area contributed by atoms with Gasteiger partial charge in [-0.1, -0.05) is 19.3 Å². The minimum absolute atomic E-state index is 0.565. The first-order valence-electron chi connectivity index (χ1n) is 8.77. The summed E-state index contributed by atoms with van der Waals surface area (Å²) >= 11 is 0. The Morgan fingerprint density at radius 3 is 2.50 bits per heavy atom. The summed E-state index contributed by atoms with van der Waals surface area (Å²) in [6.45, 7) is 5.69. The van der Waals surface area contributed by atoms with Crippen LogP contribution in [0.5, 0.6) is 0 Å². The Labute approximate surface area is 124 Å². The molecule has 0 amide bonds. The fourth-order valence-corrected chi connectivity index (χ4v) is 4.43. The third-order valence-electron chi connectivity index (χ3n) is 5.78. The predicted octanol–water partition coefficient (Wildman–Crippen LogP) is 2.65. The zero-order valence-corrected chi connectivity index (χ0v) is 13.3. The Bertz CT molecular complexity index is 299. The molecule has 3 rings (SSSR count). The number of hydrogen-bond acceptors (Lipinski definition) is 3. The van der Waals surface area contributed by atoms with Crippen molar-refractivity contribution < 1.29 is 4.74 Å². The van der Waals surface area contributed by atoms with E-state index in [0.717, 1.165) is 30.5 Å². The number of rotatable bonds is 5. The molecule has 1 heterocycles. The summed E-state index contributed by atoms with van der Waals surface area (Å²) in [7, 11) is 1.84. The second-order valence-corrected chi connectivity index (χ2v) is 7.32. The van der Waals surface area contributed by atoms with Gasteiger partial charge < -0.3 is 10.1 Å². The molecular weight excluding hydrogens is 248 g/mol. The van der Waals surface area contributed by atoms with Crippen LogP contribution in [0.15, 0.2) is 0 Å². The molecule has 20 heavy (non-hydrogen) atoms. The van der Waals surface area contributed by atoms with Gasteiger partial charge in [-0.2, -0.15) is 0 Å². The summed E-state index contributed by atoms with van der Waals surface area (Å²) in [6, 6.07) is 2.06. The van der Waals surface area contributed by atoms with Crippen molar-refractivity contribution in [3.8, 4) is 0 Å². The Balaban J connectivity index is 1.65. The molecule has 3 unspecified atom stereocenters. The first kappa shape index (κ1) is 14.8. The van der Waals surface area contributed by atoms with Gasteiger partial charge in [-0.25, -0.2) is 0 Å². The fraction of sp³-hybridized carbons (Fsp3) is 1.00. The summed E-state index contributed by atoms with van der Waals surface area (Å²) in [5, 5.41) is 3.87. The van der Waals surface area contributed by atoms with Gasteiger partial charge in [0.2, 0.25) is 0 Å². The van der Waals surface area contributed by atoms with E-state index in [0.29, 0.717) is 6.04 Å². The van der Waals surface area contributed by atoms with Gasteiger partial charge in [-0.3, -0.25) is 4.90 Å². The van der Waals surface area contributed by atoms with Crippen LogP contribution >= 0.6 is 0 Å². The zero-order chi connectivity index (χ0) is 13.9. The van der Waals surface area contributed by atoms with Crippen molar-refractivity contribution in [2.24, 2.45) is 11.8 Å². The van der Waals surface area contributed by atoms with E-state index < -0.39 is 0 Å². The molecular formula is C17H32N2O. The summed E-state index contributed by atoms with van der Waals surface area (Å²) in [4.78, 5) is 2.79. The molecule has 0 radical (unpaired) electrons. The highest BCUT2D eigenvalue weighted by molar-refractivity contribution is 4.98. The first-order valence-corrected chi connectivity index (χ1v) is 8.77. The minimum Gasteiger partial charge on any atom is -0.383 e. The van der Waals surface area contributed by atoms with Gasteiger partial charge >= 0.3 is 0 Å². The Kier molecular flexibility index (Phi) is 5.00. The number of piperazine rings is 1. The third-order valence-corrected chi connectivity index (χ3v) is 5.78. The lowest BCUT2D eigenvalue weighted by atomic mass is 9.81. The number of ether oxygens (including phenoxy) is 1. The van der Waals surface area contributed by atoms with Crippen LogP contribution in [0.3, 0.4) is 0 Å². The van der Waals surface area contributed by atoms with Crippen LogP contribution in [0.1, 0.15) is 51.9 Å². The van der Waals surface area contributed by atoms with Crippen LogP contribution in [-0.4, -0.2) is 49.8 Å². The predicted molar refractivity (Wildman–Crippen MR) is 82.9 cm³/mol. The molecule has 1 aliphatic heterocycles. The Morgan fingerprint density at radius 2 is 1.85 bits per heavy atom. The molecule has 0 aromatic carbocycles. The van der Waals surface area contributed by atoms with Gasteiger partial charge in [0.15, 0.2) is 0 Å². The van der Waals surface area contributed by atoms with Crippen LogP contribution in [-0.2, 0) is 4.74 Å². The normalized spacial score (nSPS) is 35.1. The van der Waals surface area contributed by atoms with Crippen LogP contribution < -0.4 is 5.32 Å². The first-order chi connectivity index (χ1) is 9.79. The molecule has 3 aliphatic rings. The second kappa shape index (κ2) is 6.76. The van der Waals surface area contributed by atoms with Gasteiger partial charge in [0, 0.05) is 38.3 Å². The number of nitrogens with zero attached hydrogens (tertiary/aromatic N) is 1. The van der Waals surface area contributed by atoms with Crippen molar-refractivity contribution in [2.75, 3.05) is 26.8 Å². The topological polar surface area (TPSA) is 24.5 Å². The molecule has 3 nitrogen and oxygen atoms in total. The molecule has 3 heteroatoms. The molecule has 3 atom stereocenters. The van der Waals surface area contributed by atoms with Gasteiger partial charge in [0.1, 0.15) is 0 Å². The van der Waals surface area contributed by atoms with E-state index in [1.165, 1.54) is 58.0 Å². The molecule has 1 saturated heterocycles. The van der Waals surface area contributed by atoms with Crippen molar-refractivity contribution in [2.45, 2.75) is 70.0 Å². The van der Waals surface area contributed by atoms with Crippen LogP contribution in [0.2, 0.25) is 0 Å². The van der Waals surface area contributed by atoms with E-state index in [2.05, 4.69) is 17.1 Å². The number of hydrogen-bond donors (Lipinski definition) is 1. The monoisotopic (exact) mass is 280 g/mol. The summed E-state index contributed by atoms with van der Waals surface area (Å²) in [6.07, 6.45) is 10.1. The van der Waals surface area contributed by atoms with E-state index in [-0.39, 0.29) is 0 Å². The second-order valence-electron chi connectivity index (χ2n) is 7.32. The average molecular weight is 280 g/mol. The van der Waals surface area contributed by atoms with Crippen LogP contribution in [0, 0.1) is 11.8 Å². The lowest BCUT2D eigenvalue weighted by Crippen LogP contribution is -2.62. The summed E-state index contributed by atoms with van der Waals surface area (Å²) < 4.78 is 5.44. The molecule has 116 valence electrons. The third kappa shape index (κ3) is 3.37. The number of nitrogens with one attached hydrogen (secondary N) is 1. The molecule has 3 fully saturated rings. The molecule has 0 aromatic heterocycles. The maximum atomic E-state index is 5.44. The van der Waals surface area contributed by atoms with Gasteiger partial charge in [-0.05, 0) is 44.4 Å². The average Bonchev–Trinajstić information content (AvgIpc) is 3.32. The quantitative estimate of drug-likeness (QED) is 0.838. The van der Waals surface area contributed by atoms with Crippen molar-refractivity contribution in [3.63, 3.8) is 0 Å². The van der Waals surface area contributed by atoms with Crippen molar-refractivity contribution in [3.05, 3.63) is 0 Å². The van der Waals surface area contributed by atoms with E-state index in [1.807, 2.05) is 7.11 Å². The summed E-state index contributed by atoms with van der Waals surface area (Å²) in [5.74, 6) is 1.87. The van der Waals surface area contributed by atoms with Crippen molar-refractivity contribution in [1.29, 1.82) is 0 Å². The lowest BCUT2D eigenvalue weighted by Gasteiger charge is -2.47. The van der Waals surface area contributed by atoms with Gasteiger partial charge in [0.25, 0.3) is 0 Å². The Morgan fingerprint density at radius 1 is 1.10 bits per heavy atom. The lowest BCUT2D eigenvalue weighted by molar-refractivity contribution is 0.00750. The van der Waals surface area contributed by atoms with Gasteiger partial charge in [0.05, 0.1) is 6.61 Å². The molecule has 0 aromatic rings. The Hall–Kier alpha value is -0.120. The van der Waals surface area contributed by atoms with Crippen LogP contribution in [0.25, 0.3) is 0 Å². The van der Waals surface area contributed by atoms with Crippen LogP contribution in [0.4, 0.5) is 0 Å². The highest BCUT2D eigenvalue weighted by atomic mass is 16.5. The molecule has 2 aliphatic carbocycles. The van der Waals surface area contributed by atoms with E-state index >= 15 is 0 Å². The SMILES string of the molecule is COCC(C)N1CC(C2CC2)NCC1C1CCCCC1.